The molecule has 46 heavy (non-hydrogen) atoms. The molecule has 0 bridgehead atoms. The van der Waals surface area contributed by atoms with E-state index in [-0.39, 0.29) is 5.41 Å². The molecular weight excluding hydrogens is 573 g/mol. The first-order valence-electron chi connectivity index (χ1n) is 16.0. The van der Waals surface area contributed by atoms with Crippen molar-refractivity contribution in [3.63, 3.8) is 0 Å². The maximum absolute atomic E-state index is 2.47. The fraction of sp³-hybridized carbons (Fsp3) is 0.0222. The van der Waals surface area contributed by atoms with Crippen LogP contribution in [0, 0.1) is 0 Å². The molecule has 0 fully saturated rings. The molecular formula is C45H26S. The highest BCUT2D eigenvalue weighted by atomic mass is 32.2. The van der Waals surface area contributed by atoms with Crippen LogP contribution in [0.25, 0.3) is 66.1 Å². The lowest BCUT2D eigenvalue weighted by Gasteiger charge is -2.30. The van der Waals surface area contributed by atoms with Crippen molar-refractivity contribution in [1.29, 1.82) is 0 Å². The van der Waals surface area contributed by atoms with E-state index in [1.807, 2.05) is 11.8 Å². The van der Waals surface area contributed by atoms with Crippen molar-refractivity contribution in [2.24, 2.45) is 0 Å². The molecule has 8 aromatic carbocycles. The van der Waals surface area contributed by atoms with Crippen LogP contribution in [0.1, 0.15) is 22.3 Å². The van der Waals surface area contributed by atoms with E-state index in [1.165, 1.54) is 98.1 Å². The summed E-state index contributed by atoms with van der Waals surface area (Å²) in [6.45, 7) is 0. The van der Waals surface area contributed by atoms with Crippen molar-refractivity contribution >= 4 is 33.3 Å². The SMILES string of the molecule is c1ccc2c(c1)-c1cc3ccccc3cc1C21c2ccccc2-c2c(-c3ccc4c(c3)Sc3cccc5cccc-4c35)cccc21. The zero-order chi connectivity index (χ0) is 30.0. The zero-order valence-electron chi connectivity index (χ0n) is 24.9. The van der Waals surface area contributed by atoms with Gasteiger partial charge in [-0.25, -0.2) is 0 Å². The molecule has 0 saturated carbocycles. The Morgan fingerprint density at radius 1 is 0.348 bits per heavy atom. The molecule has 1 unspecified atom stereocenters. The van der Waals surface area contributed by atoms with Crippen LogP contribution >= 0.6 is 11.8 Å². The molecule has 212 valence electrons. The fourth-order valence-corrected chi connectivity index (χ4v) is 10.0. The second-order valence-corrected chi connectivity index (χ2v) is 13.9. The Hall–Kier alpha value is -5.37. The van der Waals surface area contributed by atoms with Gasteiger partial charge in [-0.05, 0) is 107 Å². The van der Waals surface area contributed by atoms with Gasteiger partial charge in [0.25, 0.3) is 0 Å². The van der Waals surface area contributed by atoms with Gasteiger partial charge in [-0.15, -0.1) is 0 Å². The molecule has 11 rings (SSSR count). The molecule has 0 N–H and O–H groups in total. The van der Waals surface area contributed by atoms with Gasteiger partial charge in [-0.1, -0.05) is 145 Å². The van der Waals surface area contributed by atoms with Crippen molar-refractivity contribution < 1.29 is 0 Å². The highest BCUT2D eigenvalue weighted by Gasteiger charge is 2.52. The highest BCUT2D eigenvalue weighted by molar-refractivity contribution is 7.99. The number of hydrogen-bond acceptors (Lipinski definition) is 1. The first-order valence-corrected chi connectivity index (χ1v) is 16.8. The molecule has 1 heterocycles. The van der Waals surface area contributed by atoms with Gasteiger partial charge in [-0.2, -0.15) is 0 Å². The summed E-state index contributed by atoms with van der Waals surface area (Å²) >= 11 is 1.90. The van der Waals surface area contributed by atoms with Crippen LogP contribution in [0.4, 0.5) is 0 Å². The summed E-state index contributed by atoms with van der Waals surface area (Å²) in [6, 6.07) is 59.5. The minimum absolute atomic E-state index is 0.366. The Kier molecular flexibility index (Phi) is 4.80. The summed E-state index contributed by atoms with van der Waals surface area (Å²) in [5.74, 6) is 0. The number of fused-ring (bicyclic) bond motifs is 13. The Balaban J connectivity index is 1.19. The standard InChI is InChI=1S/C45H26S/c1-2-11-29-25-40-36(24-28(29)10-1)32-14-3-5-18-37(32)45(40)38-19-6-4-15-35(38)44-31(16-9-20-39(44)45)30-22-23-33-34-17-7-12-27-13-8-21-41(43(27)34)46-42(33)26-30/h1-26H. The minimum Gasteiger partial charge on any atom is -0.0888 e. The Morgan fingerprint density at radius 2 is 0.978 bits per heavy atom. The summed E-state index contributed by atoms with van der Waals surface area (Å²) in [5.41, 5.74) is 15.8. The summed E-state index contributed by atoms with van der Waals surface area (Å²) in [7, 11) is 0. The Morgan fingerprint density at radius 3 is 1.85 bits per heavy atom. The first kappa shape index (κ1) is 24.9. The van der Waals surface area contributed by atoms with Crippen LogP contribution in [0.15, 0.2) is 168 Å². The van der Waals surface area contributed by atoms with Crippen LogP contribution in [-0.4, -0.2) is 0 Å². The van der Waals surface area contributed by atoms with Crippen LogP contribution in [0.2, 0.25) is 0 Å². The lowest BCUT2D eigenvalue weighted by atomic mass is 9.70. The van der Waals surface area contributed by atoms with Gasteiger partial charge in [0.2, 0.25) is 0 Å². The normalized spacial score (nSPS) is 16.3. The van der Waals surface area contributed by atoms with E-state index in [0.717, 1.165) is 0 Å². The first-order chi connectivity index (χ1) is 22.8. The van der Waals surface area contributed by atoms with E-state index in [2.05, 4.69) is 158 Å². The molecule has 1 heteroatoms. The lowest BCUT2D eigenvalue weighted by molar-refractivity contribution is 0.795. The Labute approximate surface area is 272 Å². The number of rotatable bonds is 1. The summed E-state index contributed by atoms with van der Waals surface area (Å²) in [4.78, 5) is 2.66. The van der Waals surface area contributed by atoms with Gasteiger partial charge in [0, 0.05) is 15.2 Å². The fourth-order valence-electron chi connectivity index (χ4n) is 8.84. The third kappa shape index (κ3) is 3.02. The molecule has 1 aliphatic heterocycles. The second-order valence-electron chi connectivity index (χ2n) is 12.8. The van der Waals surface area contributed by atoms with E-state index in [1.54, 1.807) is 0 Å². The van der Waals surface area contributed by atoms with Crippen molar-refractivity contribution in [2.45, 2.75) is 15.2 Å². The van der Waals surface area contributed by atoms with Gasteiger partial charge in [0.1, 0.15) is 0 Å². The second kappa shape index (κ2) is 8.88. The predicted octanol–water partition coefficient (Wildman–Crippen LogP) is 12.1. The predicted molar refractivity (Wildman–Crippen MR) is 193 cm³/mol. The van der Waals surface area contributed by atoms with Crippen molar-refractivity contribution in [1.82, 2.24) is 0 Å². The Bertz CT molecular complexity index is 2620. The average Bonchev–Trinajstić information content (AvgIpc) is 3.58. The molecule has 8 aromatic rings. The molecule has 0 radical (unpaired) electrons. The molecule has 0 aromatic heterocycles. The molecule has 2 aliphatic carbocycles. The van der Waals surface area contributed by atoms with Crippen molar-refractivity contribution in [2.75, 3.05) is 0 Å². The van der Waals surface area contributed by atoms with Crippen molar-refractivity contribution in [3.8, 4) is 44.5 Å². The number of hydrogen-bond donors (Lipinski definition) is 0. The van der Waals surface area contributed by atoms with E-state index in [0.29, 0.717) is 0 Å². The van der Waals surface area contributed by atoms with E-state index in [4.69, 9.17) is 0 Å². The number of benzene rings is 8. The van der Waals surface area contributed by atoms with Crippen LogP contribution in [-0.2, 0) is 5.41 Å². The van der Waals surface area contributed by atoms with E-state index in [9.17, 15) is 0 Å². The zero-order valence-corrected chi connectivity index (χ0v) is 25.7. The van der Waals surface area contributed by atoms with E-state index >= 15 is 0 Å². The quantitative estimate of drug-likeness (QED) is 0.181. The van der Waals surface area contributed by atoms with Gasteiger partial charge in [0.15, 0.2) is 0 Å². The van der Waals surface area contributed by atoms with Gasteiger partial charge < -0.3 is 0 Å². The van der Waals surface area contributed by atoms with Crippen LogP contribution in [0.5, 0.6) is 0 Å². The van der Waals surface area contributed by atoms with Crippen LogP contribution < -0.4 is 0 Å². The monoisotopic (exact) mass is 598 g/mol. The summed E-state index contributed by atoms with van der Waals surface area (Å²) in [6.07, 6.45) is 0. The average molecular weight is 599 g/mol. The lowest BCUT2D eigenvalue weighted by Crippen LogP contribution is -2.25. The van der Waals surface area contributed by atoms with Gasteiger partial charge in [0.05, 0.1) is 5.41 Å². The highest BCUT2D eigenvalue weighted by Crippen LogP contribution is 2.64. The summed E-state index contributed by atoms with van der Waals surface area (Å²) < 4.78 is 0. The van der Waals surface area contributed by atoms with Gasteiger partial charge >= 0.3 is 0 Å². The topological polar surface area (TPSA) is 0 Å². The molecule has 0 amide bonds. The largest absolute Gasteiger partial charge is 0.0888 e. The minimum atomic E-state index is -0.366. The summed E-state index contributed by atoms with van der Waals surface area (Å²) in [5, 5.41) is 5.26. The molecule has 1 atom stereocenters. The maximum Gasteiger partial charge on any atom is 0.0725 e. The third-order valence-corrected chi connectivity index (χ3v) is 11.8. The molecule has 0 nitrogen and oxygen atoms in total. The van der Waals surface area contributed by atoms with Crippen molar-refractivity contribution in [3.05, 3.63) is 180 Å². The van der Waals surface area contributed by atoms with Gasteiger partial charge in [-0.3, -0.25) is 0 Å². The maximum atomic E-state index is 2.47. The smallest absolute Gasteiger partial charge is 0.0725 e. The molecule has 1 spiro atoms. The molecule has 0 saturated heterocycles. The third-order valence-electron chi connectivity index (χ3n) is 10.6. The molecule has 3 aliphatic rings. The van der Waals surface area contributed by atoms with Crippen LogP contribution in [0.3, 0.4) is 0 Å². The van der Waals surface area contributed by atoms with E-state index < -0.39 is 0 Å².